The molecule has 0 fully saturated rings. The molecule has 5 heteroatoms. The SMILES string of the molecule is CC(=O)c1ccc2c(c1)CCN2C(=O)c1ccc(F)c(F)c1. The molecule has 1 amide bonds. The van der Waals surface area contributed by atoms with Gasteiger partial charge in [-0.3, -0.25) is 9.59 Å². The van der Waals surface area contributed by atoms with Crippen molar-refractivity contribution in [2.24, 2.45) is 0 Å². The number of hydrogen-bond acceptors (Lipinski definition) is 2. The van der Waals surface area contributed by atoms with Crippen LogP contribution < -0.4 is 4.90 Å². The van der Waals surface area contributed by atoms with Gasteiger partial charge in [-0.05, 0) is 55.3 Å². The zero-order valence-corrected chi connectivity index (χ0v) is 11.9. The molecule has 0 saturated heterocycles. The van der Waals surface area contributed by atoms with Gasteiger partial charge >= 0.3 is 0 Å². The molecular formula is C17H13F2NO2. The van der Waals surface area contributed by atoms with Crippen molar-refractivity contribution in [3.63, 3.8) is 0 Å². The van der Waals surface area contributed by atoms with E-state index in [0.717, 1.165) is 17.7 Å². The van der Waals surface area contributed by atoms with Gasteiger partial charge in [-0.2, -0.15) is 0 Å². The number of fused-ring (bicyclic) bond motifs is 1. The molecule has 1 heterocycles. The Kier molecular flexibility index (Phi) is 3.48. The molecule has 1 aliphatic rings. The fraction of sp³-hybridized carbons (Fsp3) is 0.176. The van der Waals surface area contributed by atoms with Gasteiger partial charge in [-0.1, -0.05) is 0 Å². The van der Waals surface area contributed by atoms with E-state index in [1.807, 2.05) is 0 Å². The summed E-state index contributed by atoms with van der Waals surface area (Å²) >= 11 is 0. The van der Waals surface area contributed by atoms with Gasteiger partial charge in [0.1, 0.15) is 0 Å². The number of benzene rings is 2. The molecular weight excluding hydrogens is 288 g/mol. The molecule has 0 bridgehead atoms. The quantitative estimate of drug-likeness (QED) is 0.798. The third-order valence-electron chi connectivity index (χ3n) is 3.79. The molecule has 0 aliphatic carbocycles. The number of ketones is 1. The van der Waals surface area contributed by atoms with Gasteiger partial charge in [0, 0.05) is 23.4 Å². The summed E-state index contributed by atoms with van der Waals surface area (Å²) in [5, 5.41) is 0. The molecule has 0 saturated carbocycles. The first-order valence-corrected chi connectivity index (χ1v) is 6.88. The van der Waals surface area contributed by atoms with Crippen LogP contribution in [0.2, 0.25) is 0 Å². The Balaban J connectivity index is 1.94. The van der Waals surface area contributed by atoms with Gasteiger partial charge in [0.05, 0.1) is 0 Å². The molecule has 3 nitrogen and oxygen atoms in total. The van der Waals surface area contributed by atoms with Crippen molar-refractivity contribution in [3.05, 3.63) is 64.7 Å². The van der Waals surface area contributed by atoms with Crippen LogP contribution in [0, 0.1) is 11.6 Å². The van der Waals surface area contributed by atoms with Crippen LogP contribution in [0.15, 0.2) is 36.4 Å². The van der Waals surface area contributed by atoms with E-state index in [1.54, 1.807) is 18.2 Å². The molecule has 112 valence electrons. The second kappa shape index (κ2) is 5.33. The van der Waals surface area contributed by atoms with Crippen molar-refractivity contribution in [1.82, 2.24) is 0 Å². The number of Topliss-reactive ketones (excluding diaryl/α,β-unsaturated/α-hetero) is 1. The van der Waals surface area contributed by atoms with E-state index >= 15 is 0 Å². The second-order valence-corrected chi connectivity index (χ2v) is 5.24. The number of hydrogen-bond donors (Lipinski definition) is 0. The first-order valence-electron chi connectivity index (χ1n) is 6.88. The molecule has 0 spiro atoms. The van der Waals surface area contributed by atoms with E-state index in [1.165, 1.54) is 17.9 Å². The maximum Gasteiger partial charge on any atom is 0.258 e. The first-order chi connectivity index (χ1) is 10.5. The maximum atomic E-state index is 13.3. The Bertz CT molecular complexity index is 786. The summed E-state index contributed by atoms with van der Waals surface area (Å²) in [6.45, 7) is 1.94. The zero-order valence-electron chi connectivity index (χ0n) is 11.9. The van der Waals surface area contributed by atoms with Crippen LogP contribution in [0.5, 0.6) is 0 Å². The number of rotatable bonds is 2. The van der Waals surface area contributed by atoms with E-state index in [0.29, 0.717) is 24.2 Å². The van der Waals surface area contributed by atoms with Crippen LogP contribution in [-0.4, -0.2) is 18.2 Å². The lowest BCUT2D eigenvalue weighted by atomic mass is 10.1. The predicted octanol–water partition coefficient (Wildman–Crippen LogP) is 3.37. The Morgan fingerprint density at radius 1 is 1.00 bits per heavy atom. The fourth-order valence-electron chi connectivity index (χ4n) is 2.62. The summed E-state index contributed by atoms with van der Waals surface area (Å²) in [6.07, 6.45) is 0.631. The van der Waals surface area contributed by atoms with Crippen molar-refractivity contribution in [1.29, 1.82) is 0 Å². The van der Waals surface area contributed by atoms with E-state index in [9.17, 15) is 18.4 Å². The summed E-state index contributed by atoms with van der Waals surface area (Å²) in [5.41, 5.74) is 2.31. The van der Waals surface area contributed by atoms with Gasteiger partial charge in [-0.25, -0.2) is 8.78 Å². The Morgan fingerprint density at radius 2 is 1.73 bits per heavy atom. The summed E-state index contributed by atoms with van der Waals surface area (Å²) in [5.74, 6) is -2.44. The molecule has 3 rings (SSSR count). The fourth-order valence-corrected chi connectivity index (χ4v) is 2.62. The first kappa shape index (κ1) is 14.4. The van der Waals surface area contributed by atoms with Crippen molar-refractivity contribution in [2.75, 3.05) is 11.4 Å². The molecule has 1 aliphatic heterocycles. The van der Waals surface area contributed by atoms with Gasteiger partial charge in [0.2, 0.25) is 0 Å². The van der Waals surface area contributed by atoms with E-state index in [2.05, 4.69) is 0 Å². The lowest BCUT2D eigenvalue weighted by molar-refractivity contribution is 0.0987. The minimum absolute atomic E-state index is 0.0341. The highest BCUT2D eigenvalue weighted by atomic mass is 19.2. The third-order valence-corrected chi connectivity index (χ3v) is 3.79. The third kappa shape index (κ3) is 2.39. The Labute approximate surface area is 126 Å². The summed E-state index contributed by atoms with van der Waals surface area (Å²) in [6, 6.07) is 8.27. The summed E-state index contributed by atoms with van der Waals surface area (Å²) in [4.78, 5) is 25.4. The number of nitrogens with zero attached hydrogens (tertiary/aromatic N) is 1. The highest BCUT2D eigenvalue weighted by molar-refractivity contribution is 6.07. The predicted molar refractivity (Wildman–Crippen MR) is 78.2 cm³/mol. The van der Waals surface area contributed by atoms with Crippen molar-refractivity contribution in [2.45, 2.75) is 13.3 Å². The van der Waals surface area contributed by atoms with Crippen molar-refractivity contribution in [3.8, 4) is 0 Å². The second-order valence-electron chi connectivity index (χ2n) is 5.24. The molecule has 0 unspecified atom stereocenters. The molecule has 2 aromatic carbocycles. The Hall–Kier alpha value is -2.56. The highest BCUT2D eigenvalue weighted by Gasteiger charge is 2.26. The standard InChI is InChI=1S/C17H13F2NO2/c1-10(21)11-3-5-16-12(8-11)6-7-20(16)17(22)13-2-4-14(18)15(19)9-13/h2-5,8-9H,6-7H2,1H3. The van der Waals surface area contributed by atoms with Crippen LogP contribution in [0.4, 0.5) is 14.5 Å². The van der Waals surface area contributed by atoms with Gasteiger partial charge in [0.15, 0.2) is 17.4 Å². The Morgan fingerprint density at radius 3 is 2.41 bits per heavy atom. The van der Waals surface area contributed by atoms with Gasteiger partial charge in [0.25, 0.3) is 5.91 Å². The van der Waals surface area contributed by atoms with Crippen molar-refractivity contribution >= 4 is 17.4 Å². The molecule has 0 aromatic heterocycles. The number of amides is 1. The average molecular weight is 301 g/mol. The molecule has 2 aromatic rings. The minimum atomic E-state index is -1.04. The maximum absolute atomic E-state index is 13.3. The summed E-state index contributed by atoms with van der Waals surface area (Å²) < 4.78 is 26.2. The minimum Gasteiger partial charge on any atom is -0.308 e. The number of carbonyl (C=O) groups is 2. The largest absolute Gasteiger partial charge is 0.308 e. The van der Waals surface area contributed by atoms with Crippen LogP contribution in [-0.2, 0) is 6.42 Å². The van der Waals surface area contributed by atoms with Crippen LogP contribution >= 0.6 is 0 Å². The molecule has 0 atom stereocenters. The topological polar surface area (TPSA) is 37.4 Å². The summed E-state index contributed by atoms with van der Waals surface area (Å²) in [7, 11) is 0. The molecule has 0 radical (unpaired) electrons. The monoisotopic (exact) mass is 301 g/mol. The van der Waals surface area contributed by atoms with Crippen molar-refractivity contribution < 1.29 is 18.4 Å². The lowest BCUT2D eigenvalue weighted by Gasteiger charge is -2.17. The van der Waals surface area contributed by atoms with Gasteiger partial charge in [-0.15, -0.1) is 0 Å². The van der Waals surface area contributed by atoms with Crippen LogP contribution in [0.3, 0.4) is 0 Å². The van der Waals surface area contributed by atoms with Crippen LogP contribution in [0.25, 0.3) is 0 Å². The normalized spacial score (nSPS) is 13.1. The smallest absolute Gasteiger partial charge is 0.258 e. The van der Waals surface area contributed by atoms with E-state index < -0.39 is 11.6 Å². The average Bonchev–Trinajstić information content (AvgIpc) is 2.92. The van der Waals surface area contributed by atoms with Gasteiger partial charge < -0.3 is 4.90 Å². The molecule has 0 N–H and O–H groups in total. The number of halogens is 2. The van der Waals surface area contributed by atoms with Crippen LogP contribution in [0.1, 0.15) is 33.2 Å². The zero-order chi connectivity index (χ0) is 15.9. The number of carbonyl (C=O) groups excluding carboxylic acids is 2. The number of anilines is 1. The molecule has 22 heavy (non-hydrogen) atoms. The highest BCUT2D eigenvalue weighted by Crippen LogP contribution is 2.30. The van der Waals surface area contributed by atoms with E-state index in [-0.39, 0.29) is 17.3 Å². The lowest BCUT2D eigenvalue weighted by Crippen LogP contribution is -2.29. The van der Waals surface area contributed by atoms with E-state index in [4.69, 9.17) is 0 Å².